The highest BCUT2D eigenvalue weighted by molar-refractivity contribution is 5.92. The molecule has 1 aromatic rings. The van der Waals surface area contributed by atoms with Gasteiger partial charge in [-0.2, -0.15) is 5.10 Å². The minimum Gasteiger partial charge on any atom is -0.495 e. The summed E-state index contributed by atoms with van der Waals surface area (Å²) < 4.78 is 5.05. The molecule has 0 bridgehead atoms. The maximum atomic E-state index is 12.7. The first kappa shape index (κ1) is 19.1. The Morgan fingerprint density at radius 2 is 2.19 bits per heavy atom. The normalized spacial score (nSPS) is 22.7. The molecule has 9 nitrogen and oxygen atoms in total. The van der Waals surface area contributed by atoms with Crippen LogP contribution in [0.2, 0.25) is 0 Å². The van der Waals surface area contributed by atoms with Crippen molar-refractivity contribution in [1.82, 2.24) is 25.3 Å². The second-order valence-electron chi connectivity index (χ2n) is 7.04. The average molecular weight is 375 g/mol. The number of rotatable bonds is 5. The molecule has 2 atom stereocenters. The number of carbonyl (C=O) groups excluding carboxylic acids is 3. The van der Waals surface area contributed by atoms with Gasteiger partial charge in [-0.3, -0.25) is 14.4 Å². The summed E-state index contributed by atoms with van der Waals surface area (Å²) >= 11 is 0. The van der Waals surface area contributed by atoms with E-state index in [0.717, 1.165) is 12.8 Å². The monoisotopic (exact) mass is 375 g/mol. The molecular weight excluding hydrogens is 350 g/mol. The van der Waals surface area contributed by atoms with Crippen LogP contribution in [0.1, 0.15) is 36.2 Å². The summed E-state index contributed by atoms with van der Waals surface area (Å²) in [5.41, 5.74) is 0.198. The molecule has 3 rings (SSSR count). The number of amides is 3. The lowest BCUT2D eigenvalue weighted by atomic mass is 9.97. The average Bonchev–Trinajstić information content (AvgIpc) is 3.04. The standard InChI is InChI=1S/C18H25N5O4/c1-22-15(5-6-16(22)24)18(26)23-7-3-4-12(11-23)9-19-17(25)14-8-13(27-2)10-20-21-14/h8,10,12,15H,3-7,9,11H2,1-2H3,(H,19,25). The number of hydrogen-bond acceptors (Lipinski definition) is 6. The zero-order valence-corrected chi connectivity index (χ0v) is 15.7. The molecule has 0 aromatic carbocycles. The van der Waals surface area contributed by atoms with Gasteiger partial charge >= 0.3 is 0 Å². The van der Waals surface area contributed by atoms with Crippen molar-refractivity contribution in [3.8, 4) is 5.75 Å². The van der Waals surface area contributed by atoms with Gasteiger partial charge in [0.1, 0.15) is 11.8 Å². The van der Waals surface area contributed by atoms with Crippen LogP contribution in [0.25, 0.3) is 0 Å². The van der Waals surface area contributed by atoms with Crippen molar-refractivity contribution in [3.05, 3.63) is 18.0 Å². The quantitative estimate of drug-likeness (QED) is 0.781. The molecule has 0 aliphatic carbocycles. The third-order valence-electron chi connectivity index (χ3n) is 5.26. The number of aromatic nitrogens is 2. The summed E-state index contributed by atoms with van der Waals surface area (Å²) in [6.07, 6.45) is 4.28. The Bertz CT molecular complexity index is 725. The van der Waals surface area contributed by atoms with Crippen molar-refractivity contribution >= 4 is 17.7 Å². The Balaban J connectivity index is 1.53. The van der Waals surface area contributed by atoms with Crippen molar-refractivity contribution in [2.24, 2.45) is 5.92 Å². The number of likely N-dealkylation sites (tertiary alicyclic amines) is 2. The highest BCUT2D eigenvalue weighted by atomic mass is 16.5. The summed E-state index contributed by atoms with van der Waals surface area (Å²) in [5.74, 6) is 0.366. The Morgan fingerprint density at radius 1 is 1.37 bits per heavy atom. The first-order valence-electron chi connectivity index (χ1n) is 9.19. The fraction of sp³-hybridized carbons (Fsp3) is 0.611. The van der Waals surface area contributed by atoms with Crippen molar-refractivity contribution in [2.45, 2.75) is 31.7 Å². The van der Waals surface area contributed by atoms with Crippen LogP contribution in [-0.4, -0.2) is 77.6 Å². The molecule has 9 heteroatoms. The molecule has 0 saturated carbocycles. The van der Waals surface area contributed by atoms with Crippen LogP contribution in [0.15, 0.2) is 12.3 Å². The zero-order valence-electron chi connectivity index (χ0n) is 15.7. The highest BCUT2D eigenvalue weighted by Gasteiger charge is 2.37. The fourth-order valence-corrected chi connectivity index (χ4v) is 3.63. The molecule has 2 aliphatic rings. The molecule has 2 fully saturated rings. The number of methoxy groups -OCH3 is 1. The molecule has 2 unspecified atom stereocenters. The predicted molar refractivity (Wildman–Crippen MR) is 96.0 cm³/mol. The number of piperidine rings is 1. The zero-order chi connectivity index (χ0) is 19.4. The van der Waals surface area contributed by atoms with Gasteiger partial charge in [-0.05, 0) is 25.2 Å². The highest BCUT2D eigenvalue weighted by Crippen LogP contribution is 2.22. The third-order valence-corrected chi connectivity index (χ3v) is 5.26. The lowest BCUT2D eigenvalue weighted by molar-refractivity contribution is -0.141. The Labute approximate surface area is 158 Å². The van der Waals surface area contributed by atoms with E-state index in [2.05, 4.69) is 15.5 Å². The molecular formula is C18H25N5O4. The number of ether oxygens (including phenoxy) is 1. The van der Waals surface area contributed by atoms with Crippen LogP contribution >= 0.6 is 0 Å². The molecule has 2 aliphatic heterocycles. The van der Waals surface area contributed by atoms with E-state index in [1.165, 1.54) is 19.4 Å². The van der Waals surface area contributed by atoms with Crippen molar-refractivity contribution in [1.29, 1.82) is 0 Å². The topological polar surface area (TPSA) is 105 Å². The number of hydrogen-bond donors (Lipinski definition) is 1. The van der Waals surface area contributed by atoms with Crippen LogP contribution < -0.4 is 10.1 Å². The maximum Gasteiger partial charge on any atom is 0.271 e. The van der Waals surface area contributed by atoms with Crippen LogP contribution in [-0.2, 0) is 9.59 Å². The van der Waals surface area contributed by atoms with Gasteiger partial charge in [0.15, 0.2) is 5.69 Å². The Hall–Kier alpha value is -2.71. The first-order valence-corrected chi connectivity index (χ1v) is 9.19. The largest absolute Gasteiger partial charge is 0.495 e. The van der Waals surface area contributed by atoms with Crippen LogP contribution in [0.5, 0.6) is 5.75 Å². The SMILES string of the molecule is COc1cnnc(C(=O)NCC2CCCN(C(=O)C3CCC(=O)N3C)C2)c1. The van der Waals surface area contributed by atoms with Gasteiger partial charge in [-0.15, -0.1) is 5.10 Å². The van der Waals surface area contributed by atoms with Crippen molar-refractivity contribution in [2.75, 3.05) is 33.8 Å². The van der Waals surface area contributed by atoms with E-state index < -0.39 is 0 Å². The number of nitrogens with one attached hydrogen (secondary N) is 1. The molecule has 2 saturated heterocycles. The van der Waals surface area contributed by atoms with Crippen molar-refractivity contribution < 1.29 is 19.1 Å². The van der Waals surface area contributed by atoms with Gasteiger partial charge in [0, 0.05) is 39.2 Å². The molecule has 3 heterocycles. The second-order valence-corrected chi connectivity index (χ2v) is 7.04. The predicted octanol–water partition coefficient (Wildman–Crippen LogP) is 0.0744. The van der Waals surface area contributed by atoms with Crippen LogP contribution in [0.4, 0.5) is 0 Å². The van der Waals surface area contributed by atoms with E-state index in [1.807, 2.05) is 4.90 Å². The molecule has 1 aromatic heterocycles. The number of nitrogens with zero attached hydrogens (tertiary/aromatic N) is 4. The lowest BCUT2D eigenvalue weighted by Crippen LogP contribution is -2.50. The van der Waals surface area contributed by atoms with Crippen LogP contribution in [0.3, 0.4) is 0 Å². The smallest absolute Gasteiger partial charge is 0.271 e. The van der Waals surface area contributed by atoms with E-state index in [-0.39, 0.29) is 35.4 Å². The van der Waals surface area contributed by atoms with Crippen molar-refractivity contribution in [3.63, 3.8) is 0 Å². The molecule has 3 amide bonds. The van der Waals surface area contributed by atoms with Gasteiger partial charge in [-0.25, -0.2) is 0 Å². The lowest BCUT2D eigenvalue weighted by Gasteiger charge is -2.35. The molecule has 146 valence electrons. The Morgan fingerprint density at radius 3 is 2.89 bits per heavy atom. The molecule has 27 heavy (non-hydrogen) atoms. The summed E-state index contributed by atoms with van der Waals surface area (Å²) in [5, 5.41) is 10.4. The minimum atomic E-state index is -0.349. The summed E-state index contributed by atoms with van der Waals surface area (Å²) in [6, 6.07) is 1.18. The van der Waals surface area contributed by atoms with E-state index in [1.54, 1.807) is 11.9 Å². The first-order chi connectivity index (χ1) is 13.0. The minimum absolute atomic E-state index is 0.0121. The molecule has 0 spiro atoms. The van der Waals surface area contributed by atoms with E-state index in [0.29, 0.717) is 38.2 Å². The van der Waals surface area contributed by atoms with E-state index in [9.17, 15) is 14.4 Å². The second kappa shape index (κ2) is 8.32. The third kappa shape index (κ3) is 4.35. The summed E-state index contributed by atoms with van der Waals surface area (Å²) in [6.45, 7) is 1.74. The molecule has 0 radical (unpaired) electrons. The van der Waals surface area contributed by atoms with Gasteiger partial charge in [0.05, 0.1) is 13.3 Å². The Kier molecular flexibility index (Phi) is 5.88. The maximum absolute atomic E-state index is 12.7. The van der Waals surface area contributed by atoms with Gasteiger partial charge in [0.2, 0.25) is 11.8 Å². The number of carbonyl (C=O) groups is 3. The van der Waals surface area contributed by atoms with Gasteiger partial charge in [0.25, 0.3) is 5.91 Å². The van der Waals surface area contributed by atoms with Gasteiger partial charge in [-0.1, -0.05) is 0 Å². The summed E-state index contributed by atoms with van der Waals surface area (Å²) in [7, 11) is 3.19. The number of likely N-dealkylation sites (N-methyl/N-ethyl adjacent to an activating group) is 1. The fourth-order valence-electron chi connectivity index (χ4n) is 3.63. The summed E-state index contributed by atoms with van der Waals surface area (Å²) in [4.78, 5) is 40.1. The van der Waals surface area contributed by atoms with Gasteiger partial charge < -0.3 is 19.9 Å². The van der Waals surface area contributed by atoms with E-state index >= 15 is 0 Å². The molecule has 1 N–H and O–H groups in total. The van der Waals surface area contributed by atoms with Crippen LogP contribution in [0, 0.1) is 5.92 Å². The van der Waals surface area contributed by atoms with E-state index in [4.69, 9.17) is 4.74 Å².